The first-order chi connectivity index (χ1) is 9.17. The van der Waals surface area contributed by atoms with Gasteiger partial charge in [0.05, 0.1) is 6.33 Å². The van der Waals surface area contributed by atoms with Gasteiger partial charge < -0.3 is 15.4 Å². The molecule has 4 N–H and O–H groups in total. The number of H-pyrrole nitrogens is 1. The summed E-state index contributed by atoms with van der Waals surface area (Å²) in [6.07, 6.45) is 6.61. The number of aliphatic hydroxyl groups excluding tert-OH is 1. The normalized spacial score (nSPS) is 22.4. The molecule has 100 valence electrons. The van der Waals surface area contributed by atoms with Gasteiger partial charge >= 0.3 is 0 Å². The van der Waals surface area contributed by atoms with Crippen molar-refractivity contribution in [3.05, 3.63) is 28.8 Å². The first-order valence-corrected chi connectivity index (χ1v) is 6.17. The molecule has 2 aromatic rings. The molecule has 2 atom stereocenters. The highest BCUT2D eigenvalue weighted by Gasteiger charge is 2.20. The van der Waals surface area contributed by atoms with E-state index < -0.39 is 0 Å². The Morgan fingerprint density at radius 3 is 3.00 bits per heavy atom. The van der Waals surface area contributed by atoms with Gasteiger partial charge in [-0.1, -0.05) is 12.2 Å². The molecule has 0 saturated carbocycles. The molecule has 0 aromatic carbocycles. The Hall–Kier alpha value is -2.15. The molecule has 0 bridgehead atoms. The quantitative estimate of drug-likeness (QED) is 0.667. The summed E-state index contributed by atoms with van der Waals surface area (Å²) in [5, 5.41) is 9.11. The highest BCUT2D eigenvalue weighted by atomic mass is 16.3. The van der Waals surface area contributed by atoms with Crippen LogP contribution in [0.1, 0.15) is 6.42 Å². The zero-order valence-electron chi connectivity index (χ0n) is 10.3. The van der Waals surface area contributed by atoms with Crippen LogP contribution in [-0.4, -0.2) is 31.2 Å². The van der Waals surface area contributed by atoms with Crippen molar-refractivity contribution in [2.45, 2.75) is 13.0 Å². The predicted octanol–water partition coefficient (Wildman–Crippen LogP) is -0.114. The highest BCUT2D eigenvalue weighted by Crippen LogP contribution is 2.25. The second-order valence-electron chi connectivity index (χ2n) is 4.84. The largest absolute Gasteiger partial charge is 0.396 e. The molecular formula is C12H15N5O2. The molecule has 0 aliphatic heterocycles. The lowest BCUT2D eigenvalue weighted by molar-refractivity contribution is 0.242. The van der Waals surface area contributed by atoms with E-state index in [9.17, 15) is 4.79 Å². The van der Waals surface area contributed by atoms with Crippen molar-refractivity contribution in [2.24, 2.45) is 11.8 Å². The molecule has 0 spiro atoms. The minimum atomic E-state index is -0.323. The molecule has 0 saturated heterocycles. The minimum Gasteiger partial charge on any atom is -0.396 e. The maximum Gasteiger partial charge on any atom is 0.280 e. The summed E-state index contributed by atoms with van der Waals surface area (Å²) in [5.41, 5.74) is 6.03. The molecule has 0 fully saturated rings. The number of nitrogens with one attached hydrogen (secondary N) is 1. The second kappa shape index (κ2) is 4.51. The fraction of sp³-hybridized carbons (Fsp3) is 0.417. The number of nitrogens with two attached hydrogens (primary N) is 1. The SMILES string of the molecule is Nc1nc2c(ncn2C[C@H]2C=C[C@@H](CO)C2)c(=O)[nH]1. The van der Waals surface area contributed by atoms with Gasteiger partial charge in [-0.15, -0.1) is 0 Å². The summed E-state index contributed by atoms with van der Waals surface area (Å²) >= 11 is 0. The zero-order chi connectivity index (χ0) is 13.4. The van der Waals surface area contributed by atoms with Crippen LogP contribution in [0.4, 0.5) is 5.95 Å². The Morgan fingerprint density at radius 1 is 1.47 bits per heavy atom. The van der Waals surface area contributed by atoms with Gasteiger partial charge in [0.1, 0.15) is 0 Å². The van der Waals surface area contributed by atoms with Crippen LogP contribution >= 0.6 is 0 Å². The minimum absolute atomic E-state index is 0.0921. The monoisotopic (exact) mass is 261 g/mol. The van der Waals surface area contributed by atoms with E-state index in [1.165, 1.54) is 0 Å². The first kappa shape index (κ1) is 11.9. The summed E-state index contributed by atoms with van der Waals surface area (Å²) in [6, 6.07) is 0. The van der Waals surface area contributed by atoms with E-state index in [1.807, 2.05) is 10.6 Å². The van der Waals surface area contributed by atoms with Crippen LogP contribution in [0.3, 0.4) is 0 Å². The van der Waals surface area contributed by atoms with E-state index in [4.69, 9.17) is 10.8 Å². The Bertz CT molecular complexity index is 687. The molecule has 0 radical (unpaired) electrons. The van der Waals surface area contributed by atoms with Crippen LogP contribution in [-0.2, 0) is 6.54 Å². The third-order valence-electron chi connectivity index (χ3n) is 3.42. The predicted molar refractivity (Wildman–Crippen MR) is 70.4 cm³/mol. The number of nitrogens with zero attached hydrogens (tertiary/aromatic N) is 3. The van der Waals surface area contributed by atoms with Crippen LogP contribution in [0.25, 0.3) is 11.2 Å². The molecule has 19 heavy (non-hydrogen) atoms. The average Bonchev–Trinajstić information content (AvgIpc) is 2.97. The van der Waals surface area contributed by atoms with Crippen LogP contribution in [0.2, 0.25) is 0 Å². The smallest absolute Gasteiger partial charge is 0.280 e. The van der Waals surface area contributed by atoms with Crippen molar-refractivity contribution >= 4 is 17.1 Å². The molecular weight excluding hydrogens is 246 g/mol. The number of aromatic amines is 1. The molecule has 2 heterocycles. The Labute approximate surface area is 108 Å². The maximum absolute atomic E-state index is 11.7. The van der Waals surface area contributed by atoms with Crippen molar-refractivity contribution in [1.29, 1.82) is 0 Å². The van der Waals surface area contributed by atoms with Crippen LogP contribution in [0, 0.1) is 11.8 Å². The first-order valence-electron chi connectivity index (χ1n) is 6.17. The van der Waals surface area contributed by atoms with Crippen molar-refractivity contribution in [1.82, 2.24) is 19.5 Å². The van der Waals surface area contributed by atoms with Gasteiger partial charge in [0.25, 0.3) is 5.56 Å². The maximum atomic E-state index is 11.7. The van der Waals surface area contributed by atoms with Crippen molar-refractivity contribution in [3.8, 4) is 0 Å². The van der Waals surface area contributed by atoms with Crippen LogP contribution in [0.5, 0.6) is 0 Å². The number of hydrogen-bond donors (Lipinski definition) is 3. The Balaban J connectivity index is 1.90. The van der Waals surface area contributed by atoms with Crippen molar-refractivity contribution < 1.29 is 5.11 Å². The summed E-state index contributed by atoms with van der Waals surface area (Å²) in [7, 11) is 0. The molecule has 2 aromatic heterocycles. The summed E-state index contributed by atoms with van der Waals surface area (Å²) in [5.74, 6) is 0.632. The number of allylic oxidation sites excluding steroid dienone is 1. The summed E-state index contributed by atoms with van der Waals surface area (Å²) < 4.78 is 1.83. The number of fused-ring (bicyclic) bond motifs is 1. The molecule has 0 amide bonds. The lowest BCUT2D eigenvalue weighted by Crippen LogP contribution is -2.14. The molecule has 3 rings (SSSR count). The number of imidazole rings is 1. The lowest BCUT2D eigenvalue weighted by atomic mass is 10.0. The number of anilines is 1. The van der Waals surface area contributed by atoms with E-state index in [-0.39, 0.29) is 24.0 Å². The van der Waals surface area contributed by atoms with Gasteiger partial charge in [0, 0.05) is 19.1 Å². The summed E-state index contributed by atoms with van der Waals surface area (Å²) in [6.45, 7) is 0.849. The standard InChI is InChI=1S/C12H15N5O2/c13-12-15-10-9(11(19)16-12)14-6-17(10)4-7-1-2-8(3-7)5-18/h1-2,6-8,18H,3-5H2,(H3,13,15,16,19)/t7-,8+/m0/s1. The van der Waals surface area contributed by atoms with Crippen molar-refractivity contribution in [3.63, 3.8) is 0 Å². The van der Waals surface area contributed by atoms with E-state index in [0.717, 1.165) is 6.42 Å². The van der Waals surface area contributed by atoms with Gasteiger partial charge in [0.2, 0.25) is 5.95 Å². The van der Waals surface area contributed by atoms with Gasteiger partial charge in [-0.25, -0.2) is 4.98 Å². The van der Waals surface area contributed by atoms with Gasteiger partial charge in [-0.3, -0.25) is 9.78 Å². The highest BCUT2D eigenvalue weighted by molar-refractivity contribution is 5.70. The topological polar surface area (TPSA) is 110 Å². The van der Waals surface area contributed by atoms with E-state index in [2.05, 4.69) is 21.0 Å². The molecule has 7 heteroatoms. The molecule has 0 unspecified atom stereocenters. The van der Waals surface area contributed by atoms with E-state index in [1.54, 1.807) is 6.33 Å². The molecule has 1 aliphatic carbocycles. The number of aromatic nitrogens is 4. The number of hydrogen-bond acceptors (Lipinski definition) is 5. The van der Waals surface area contributed by atoms with Gasteiger partial charge in [0.15, 0.2) is 11.2 Å². The molecule has 7 nitrogen and oxygen atoms in total. The summed E-state index contributed by atoms with van der Waals surface area (Å²) in [4.78, 5) is 22.3. The number of nitrogen functional groups attached to an aromatic ring is 1. The number of rotatable bonds is 3. The van der Waals surface area contributed by atoms with Crippen molar-refractivity contribution in [2.75, 3.05) is 12.3 Å². The third kappa shape index (κ3) is 2.12. The van der Waals surface area contributed by atoms with Crippen LogP contribution in [0.15, 0.2) is 23.3 Å². The molecule has 1 aliphatic rings. The van der Waals surface area contributed by atoms with Gasteiger partial charge in [-0.05, 0) is 12.3 Å². The Morgan fingerprint density at radius 2 is 2.26 bits per heavy atom. The average molecular weight is 261 g/mol. The lowest BCUT2D eigenvalue weighted by Gasteiger charge is -2.11. The zero-order valence-corrected chi connectivity index (χ0v) is 10.3. The van der Waals surface area contributed by atoms with E-state index >= 15 is 0 Å². The second-order valence-corrected chi connectivity index (χ2v) is 4.84. The number of aliphatic hydroxyl groups is 1. The Kier molecular flexibility index (Phi) is 2.83. The fourth-order valence-corrected chi connectivity index (χ4v) is 2.49. The van der Waals surface area contributed by atoms with E-state index in [0.29, 0.717) is 23.6 Å². The van der Waals surface area contributed by atoms with Gasteiger partial charge in [-0.2, -0.15) is 4.98 Å². The fourth-order valence-electron chi connectivity index (χ4n) is 2.49. The van der Waals surface area contributed by atoms with Crippen LogP contribution < -0.4 is 11.3 Å². The third-order valence-corrected chi connectivity index (χ3v) is 3.42.